The molecule has 2 unspecified atom stereocenters. The maximum atomic E-state index is 5.29. The van der Waals surface area contributed by atoms with E-state index in [4.69, 9.17) is 4.74 Å². The van der Waals surface area contributed by atoms with E-state index in [2.05, 4.69) is 17.1 Å². The van der Waals surface area contributed by atoms with Crippen LogP contribution in [0.4, 0.5) is 0 Å². The molecule has 3 nitrogen and oxygen atoms in total. The lowest BCUT2D eigenvalue weighted by Gasteiger charge is -2.29. The Hall–Kier alpha value is -0.120. The molecule has 2 aliphatic heterocycles. The molecule has 2 fully saturated rings. The summed E-state index contributed by atoms with van der Waals surface area (Å²) in [6.07, 6.45) is 5.49. The molecule has 2 rings (SSSR count). The lowest BCUT2D eigenvalue weighted by Crippen LogP contribution is -2.40. The van der Waals surface area contributed by atoms with Crippen LogP contribution in [0.2, 0.25) is 0 Å². The molecule has 2 aliphatic rings. The van der Waals surface area contributed by atoms with Crippen molar-refractivity contribution in [2.45, 2.75) is 38.1 Å². The van der Waals surface area contributed by atoms with Crippen LogP contribution in [0.15, 0.2) is 0 Å². The van der Waals surface area contributed by atoms with Crippen molar-refractivity contribution in [3.8, 4) is 0 Å². The lowest BCUT2D eigenvalue weighted by atomic mass is 9.95. The highest BCUT2D eigenvalue weighted by Gasteiger charge is 2.35. The first-order chi connectivity index (χ1) is 7.72. The molecule has 0 radical (unpaired) electrons. The van der Waals surface area contributed by atoms with E-state index in [0.717, 1.165) is 19.1 Å². The van der Waals surface area contributed by atoms with Gasteiger partial charge in [-0.15, -0.1) is 0 Å². The minimum Gasteiger partial charge on any atom is -0.383 e. The molecule has 0 amide bonds. The SMILES string of the molecule is COCC1(C)CC(CN2CCCCC2)CN1. The van der Waals surface area contributed by atoms with Crippen molar-refractivity contribution in [1.82, 2.24) is 10.2 Å². The second-order valence-electron chi connectivity index (χ2n) is 5.81. The number of piperidine rings is 1. The van der Waals surface area contributed by atoms with Gasteiger partial charge in [0.1, 0.15) is 0 Å². The molecular weight excluding hydrogens is 200 g/mol. The summed E-state index contributed by atoms with van der Waals surface area (Å²) in [4.78, 5) is 2.65. The first-order valence-electron chi connectivity index (χ1n) is 6.68. The molecule has 0 bridgehead atoms. The second-order valence-corrected chi connectivity index (χ2v) is 5.81. The van der Waals surface area contributed by atoms with Crippen LogP contribution in [-0.4, -0.2) is 50.3 Å². The summed E-state index contributed by atoms with van der Waals surface area (Å²) >= 11 is 0. The number of likely N-dealkylation sites (tertiary alicyclic amines) is 1. The van der Waals surface area contributed by atoms with Crippen LogP contribution in [0, 0.1) is 5.92 Å². The van der Waals surface area contributed by atoms with Crippen molar-refractivity contribution < 1.29 is 4.74 Å². The number of methoxy groups -OCH3 is 1. The highest BCUT2D eigenvalue weighted by Crippen LogP contribution is 2.25. The Morgan fingerprint density at radius 1 is 1.31 bits per heavy atom. The van der Waals surface area contributed by atoms with Gasteiger partial charge in [-0.2, -0.15) is 0 Å². The molecule has 0 aromatic heterocycles. The predicted molar refractivity (Wildman–Crippen MR) is 66.7 cm³/mol. The van der Waals surface area contributed by atoms with Gasteiger partial charge in [-0.25, -0.2) is 0 Å². The Morgan fingerprint density at radius 2 is 2.06 bits per heavy atom. The van der Waals surface area contributed by atoms with Crippen LogP contribution in [0.25, 0.3) is 0 Å². The van der Waals surface area contributed by atoms with Gasteiger partial charge in [0.05, 0.1) is 6.61 Å². The lowest BCUT2D eigenvalue weighted by molar-refractivity contribution is 0.125. The van der Waals surface area contributed by atoms with E-state index in [1.165, 1.54) is 45.3 Å². The van der Waals surface area contributed by atoms with Crippen LogP contribution in [0.1, 0.15) is 32.6 Å². The molecule has 3 heteroatoms. The van der Waals surface area contributed by atoms with Crippen LogP contribution in [0.5, 0.6) is 0 Å². The molecule has 2 atom stereocenters. The smallest absolute Gasteiger partial charge is 0.0641 e. The van der Waals surface area contributed by atoms with Crippen LogP contribution in [-0.2, 0) is 4.74 Å². The summed E-state index contributed by atoms with van der Waals surface area (Å²) in [5.74, 6) is 0.818. The number of nitrogens with one attached hydrogen (secondary N) is 1. The number of hydrogen-bond acceptors (Lipinski definition) is 3. The summed E-state index contributed by atoms with van der Waals surface area (Å²) < 4.78 is 5.29. The standard InChI is InChI=1S/C13H26N2O/c1-13(11-16-2)8-12(9-14-13)10-15-6-4-3-5-7-15/h12,14H,3-11H2,1-2H3. The Balaban J connectivity index is 1.75. The van der Waals surface area contributed by atoms with Gasteiger partial charge in [-0.05, 0) is 51.7 Å². The van der Waals surface area contributed by atoms with Gasteiger partial charge in [0.15, 0.2) is 0 Å². The van der Waals surface area contributed by atoms with Crippen molar-refractivity contribution in [3.05, 3.63) is 0 Å². The van der Waals surface area contributed by atoms with Gasteiger partial charge in [-0.3, -0.25) is 0 Å². The van der Waals surface area contributed by atoms with Crippen molar-refractivity contribution in [1.29, 1.82) is 0 Å². The first kappa shape index (κ1) is 12.3. The maximum Gasteiger partial charge on any atom is 0.0641 e. The molecule has 0 saturated carbocycles. The van der Waals surface area contributed by atoms with E-state index >= 15 is 0 Å². The summed E-state index contributed by atoms with van der Waals surface area (Å²) in [7, 11) is 1.80. The van der Waals surface area contributed by atoms with E-state index < -0.39 is 0 Å². The summed E-state index contributed by atoms with van der Waals surface area (Å²) in [6.45, 7) is 8.20. The minimum absolute atomic E-state index is 0.217. The van der Waals surface area contributed by atoms with Crippen LogP contribution < -0.4 is 5.32 Å². The summed E-state index contributed by atoms with van der Waals surface area (Å²) in [6, 6.07) is 0. The van der Waals surface area contributed by atoms with E-state index in [1.54, 1.807) is 7.11 Å². The van der Waals surface area contributed by atoms with Gasteiger partial charge in [0.2, 0.25) is 0 Å². The number of nitrogens with zero attached hydrogens (tertiary/aromatic N) is 1. The van der Waals surface area contributed by atoms with Gasteiger partial charge in [0.25, 0.3) is 0 Å². The van der Waals surface area contributed by atoms with Gasteiger partial charge >= 0.3 is 0 Å². The Labute approximate surface area is 99.5 Å². The number of hydrogen-bond donors (Lipinski definition) is 1. The van der Waals surface area contributed by atoms with E-state index in [0.29, 0.717) is 0 Å². The molecular formula is C13H26N2O. The van der Waals surface area contributed by atoms with Crippen LogP contribution >= 0.6 is 0 Å². The third kappa shape index (κ3) is 3.19. The second kappa shape index (κ2) is 5.48. The first-order valence-corrected chi connectivity index (χ1v) is 6.68. The average Bonchev–Trinajstić information content (AvgIpc) is 2.62. The normalized spacial score (nSPS) is 36.8. The highest BCUT2D eigenvalue weighted by atomic mass is 16.5. The minimum atomic E-state index is 0.217. The highest BCUT2D eigenvalue weighted by molar-refractivity contribution is 4.94. The molecule has 2 heterocycles. The number of ether oxygens (including phenoxy) is 1. The quantitative estimate of drug-likeness (QED) is 0.786. The van der Waals surface area contributed by atoms with Gasteiger partial charge in [0, 0.05) is 19.2 Å². The Morgan fingerprint density at radius 3 is 2.75 bits per heavy atom. The van der Waals surface area contributed by atoms with Gasteiger partial charge < -0.3 is 15.0 Å². The Kier molecular flexibility index (Phi) is 4.22. The predicted octanol–water partition coefficient (Wildman–Crippen LogP) is 1.49. The third-order valence-corrected chi connectivity index (χ3v) is 3.98. The fourth-order valence-corrected chi connectivity index (χ4v) is 3.24. The molecule has 0 spiro atoms. The average molecular weight is 226 g/mol. The molecule has 0 aromatic carbocycles. The molecule has 0 aliphatic carbocycles. The van der Waals surface area contributed by atoms with Gasteiger partial charge in [-0.1, -0.05) is 6.42 Å². The van der Waals surface area contributed by atoms with Crippen molar-refractivity contribution in [2.24, 2.45) is 5.92 Å². The van der Waals surface area contributed by atoms with E-state index in [-0.39, 0.29) is 5.54 Å². The summed E-state index contributed by atoms with van der Waals surface area (Å²) in [5.41, 5.74) is 0.217. The summed E-state index contributed by atoms with van der Waals surface area (Å²) in [5, 5.41) is 3.62. The fourth-order valence-electron chi connectivity index (χ4n) is 3.24. The third-order valence-electron chi connectivity index (χ3n) is 3.98. The van der Waals surface area contributed by atoms with E-state index in [9.17, 15) is 0 Å². The van der Waals surface area contributed by atoms with E-state index in [1.807, 2.05) is 0 Å². The number of rotatable bonds is 4. The molecule has 2 saturated heterocycles. The van der Waals surface area contributed by atoms with Crippen molar-refractivity contribution in [2.75, 3.05) is 39.9 Å². The fraction of sp³-hybridized carbons (Fsp3) is 1.00. The van der Waals surface area contributed by atoms with Crippen LogP contribution in [0.3, 0.4) is 0 Å². The largest absolute Gasteiger partial charge is 0.383 e. The van der Waals surface area contributed by atoms with Crippen molar-refractivity contribution in [3.63, 3.8) is 0 Å². The zero-order valence-corrected chi connectivity index (χ0v) is 10.8. The van der Waals surface area contributed by atoms with Crippen molar-refractivity contribution >= 4 is 0 Å². The molecule has 0 aromatic rings. The Bertz CT molecular complexity index is 216. The molecule has 16 heavy (non-hydrogen) atoms. The zero-order chi connectivity index (χ0) is 11.4. The topological polar surface area (TPSA) is 24.5 Å². The molecule has 1 N–H and O–H groups in total. The monoisotopic (exact) mass is 226 g/mol. The molecule has 94 valence electrons. The zero-order valence-electron chi connectivity index (χ0n) is 10.8. The maximum absolute atomic E-state index is 5.29.